The van der Waals surface area contributed by atoms with Crippen LogP contribution in [0.4, 0.5) is 17.1 Å². The summed E-state index contributed by atoms with van der Waals surface area (Å²) in [5.74, 6) is -1.89. The Morgan fingerprint density at radius 2 is 1.86 bits per heavy atom. The number of carbonyl (C=O) groups is 4. The Bertz CT molecular complexity index is 1350. The minimum Gasteiger partial charge on any atom is -0.452 e. The Hall–Kier alpha value is -3.82. The number of hydrogen-bond donors (Lipinski definition) is 2. The molecule has 4 rings (SSSR count). The molecule has 8 nitrogen and oxygen atoms in total. The molecule has 1 aliphatic rings. The van der Waals surface area contributed by atoms with Gasteiger partial charge >= 0.3 is 5.97 Å². The van der Waals surface area contributed by atoms with Crippen molar-refractivity contribution in [1.29, 1.82) is 0 Å². The number of halogens is 1. The van der Waals surface area contributed by atoms with E-state index in [0.29, 0.717) is 22.1 Å². The molecule has 0 aliphatic carbocycles. The highest BCUT2D eigenvalue weighted by molar-refractivity contribution is 8.00. The van der Waals surface area contributed by atoms with E-state index < -0.39 is 23.7 Å². The third-order valence-corrected chi connectivity index (χ3v) is 6.82. The van der Waals surface area contributed by atoms with Crippen LogP contribution >= 0.6 is 23.4 Å². The van der Waals surface area contributed by atoms with Gasteiger partial charge in [0.15, 0.2) is 6.61 Å². The van der Waals surface area contributed by atoms with E-state index in [4.69, 9.17) is 22.1 Å². The van der Waals surface area contributed by atoms with Crippen LogP contribution in [0.3, 0.4) is 0 Å². The molecule has 1 fully saturated rings. The van der Waals surface area contributed by atoms with Gasteiger partial charge in [0.2, 0.25) is 11.8 Å². The van der Waals surface area contributed by atoms with Gasteiger partial charge in [-0.25, -0.2) is 9.69 Å². The largest absolute Gasteiger partial charge is 0.452 e. The first-order valence-electron chi connectivity index (χ1n) is 10.9. The lowest BCUT2D eigenvalue weighted by atomic mass is 10.2. The summed E-state index contributed by atoms with van der Waals surface area (Å²) in [5.41, 5.74) is 8.24. The van der Waals surface area contributed by atoms with Crippen molar-refractivity contribution in [3.8, 4) is 0 Å². The van der Waals surface area contributed by atoms with Crippen LogP contribution in [0.2, 0.25) is 5.02 Å². The van der Waals surface area contributed by atoms with Gasteiger partial charge in [0.05, 0.1) is 16.5 Å². The molecule has 3 aromatic carbocycles. The van der Waals surface area contributed by atoms with Crippen LogP contribution < -0.4 is 16.0 Å². The van der Waals surface area contributed by atoms with Crippen molar-refractivity contribution in [3.63, 3.8) is 0 Å². The average molecular weight is 524 g/mol. The summed E-state index contributed by atoms with van der Waals surface area (Å²) in [5, 5.41) is 2.55. The zero-order valence-corrected chi connectivity index (χ0v) is 20.8. The average Bonchev–Trinajstić information content (AvgIpc) is 3.12. The van der Waals surface area contributed by atoms with E-state index in [1.165, 1.54) is 36.0 Å². The van der Waals surface area contributed by atoms with E-state index in [2.05, 4.69) is 5.32 Å². The monoisotopic (exact) mass is 523 g/mol. The number of nitrogens with zero attached hydrogens (tertiary/aromatic N) is 1. The van der Waals surface area contributed by atoms with Crippen molar-refractivity contribution >= 4 is 64.1 Å². The fraction of sp³-hybridized carbons (Fsp3) is 0.154. The van der Waals surface area contributed by atoms with Gasteiger partial charge in [-0.15, -0.1) is 11.8 Å². The number of amides is 3. The lowest BCUT2D eigenvalue weighted by molar-refractivity contribution is -0.121. The standard InChI is InChI=1S/C26H22ClN3O5S/c1-15-5-8-17(27)11-21(15)29-23(31)14-35-26(34)16-6-9-19(10-7-16)30-24(32)13-22(25(30)33)36-20-4-2-3-18(28)12-20/h2-12,22H,13-14,28H2,1H3,(H,29,31). The number of nitrogen functional groups attached to an aromatic ring is 1. The summed E-state index contributed by atoms with van der Waals surface area (Å²) in [6.07, 6.45) is 0.0588. The summed E-state index contributed by atoms with van der Waals surface area (Å²) in [7, 11) is 0. The maximum absolute atomic E-state index is 12.9. The van der Waals surface area contributed by atoms with Crippen molar-refractivity contribution in [2.24, 2.45) is 0 Å². The number of ether oxygens (including phenoxy) is 1. The lowest BCUT2D eigenvalue weighted by Crippen LogP contribution is -2.31. The van der Waals surface area contributed by atoms with E-state index in [-0.39, 0.29) is 23.8 Å². The second kappa shape index (κ2) is 10.8. The maximum atomic E-state index is 12.9. The summed E-state index contributed by atoms with van der Waals surface area (Å²) in [6.45, 7) is 1.33. The van der Waals surface area contributed by atoms with Gasteiger partial charge in [-0.2, -0.15) is 0 Å². The molecule has 0 aromatic heterocycles. The molecule has 3 N–H and O–H groups in total. The lowest BCUT2D eigenvalue weighted by Gasteiger charge is -2.15. The van der Waals surface area contributed by atoms with Gasteiger partial charge in [0.1, 0.15) is 0 Å². The second-order valence-electron chi connectivity index (χ2n) is 8.08. The molecule has 3 aromatic rings. The smallest absolute Gasteiger partial charge is 0.338 e. The van der Waals surface area contributed by atoms with Crippen molar-refractivity contribution < 1.29 is 23.9 Å². The molecule has 3 amide bonds. The number of nitrogens with two attached hydrogens (primary N) is 1. The molecule has 1 saturated heterocycles. The van der Waals surface area contributed by atoms with Gasteiger partial charge in [-0.1, -0.05) is 23.7 Å². The number of aryl methyl sites for hydroxylation is 1. The molecular weight excluding hydrogens is 502 g/mol. The zero-order chi connectivity index (χ0) is 25.8. The van der Waals surface area contributed by atoms with E-state index in [1.807, 2.05) is 13.0 Å². The maximum Gasteiger partial charge on any atom is 0.338 e. The molecule has 184 valence electrons. The number of carbonyl (C=O) groups excluding carboxylic acids is 4. The molecule has 0 saturated carbocycles. The summed E-state index contributed by atoms with van der Waals surface area (Å²) in [6, 6.07) is 18.1. The number of thioether (sulfide) groups is 1. The minimum absolute atomic E-state index is 0.0588. The second-order valence-corrected chi connectivity index (χ2v) is 9.79. The minimum atomic E-state index is -0.714. The number of benzene rings is 3. The fourth-order valence-electron chi connectivity index (χ4n) is 3.60. The summed E-state index contributed by atoms with van der Waals surface area (Å²) in [4.78, 5) is 51.9. The SMILES string of the molecule is Cc1ccc(Cl)cc1NC(=O)COC(=O)c1ccc(N2C(=O)CC(Sc3cccc(N)c3)C2=O)cc1. The fourth-order valence-corrected chi connectivity index (χ4v) is 4.89. The molecule has 0 spiro atoms. The Morgan fingerprint density at radius 1 is 1.11 bits per heavy atom. The highest BCUT2D eigenvalue weighted by atomic mass is 35.5. The third-order valence-electron chi connectivity index (χ3n) is 5.41. The number of imide groups is 1. The number of nitrogens with one attached hydrogen (secondary N) is 1. The normalized spacial score (nSPS) is 15.2. The van der Waals surface area contributed by atoms with Crippen molar-refractivity contribution in [3.05, 3.63) is 82.9 Å². The quantitative estimate of drug-likeness (QED) is 0.267. The van der Waals surface area contributed by atoms with Gasteiger partial charge in [0, 0.05) is 27.7 Å². The molecule has 0 bridgehead atoms. The molecule has 1 unspecified atom stereocenters. The predicted octanol–water partition coefficient (Wildman–Crippen LogP) is 4.45. The molecule has 1 atom stereocenters. The van der Waals surface area contributed by atoms with Gasteiger partial charge in [0.25, 0.3) is 5.91 Å². The predicted molar refractivity (Wildman–Crippen MR) is 139 cm³/mol. The van der Waals surface area contributed by atoms with Gasteiger partial charge in [-0.05, 0) is 67.1 Å². The molecule has 0 radical (unpaired) electrons. The first-order chi connectivity index (χ1) is 17.2. The van der Waals surface area contributed by atoms with Gasteiger partial charge < -0.3 is 15.8 Å². The number of anilines is 3. The van der Waals surface area contributed by atoms with Crippen molar-refractivity contribution in [1.82, 2.24) is 0 Å². The van der Waals surface area contributed by atoms with Crippen LogP contribution in [0, 0.1) is 6.92 Å². The molecule has 10 heteroatoms. The third kappa shape index (κ3) is 5.87. The van der Waals surface area contributed by atoms with Crippen LogP contribution in [0.25, 0.3) is 0 Å². The number of hydrogen-bond acceptors (Lipinski definition) is 7. The first-order valence-corrected chi connectivity index (χ1v) is 12.2. The van der Waals surface area contributed by atoms with Gasteiger partial charge in [-0.3, -0.25) is 14.4 Å². The number of rotatable bonds is 7. The van der Waals surface area contributed by atoms with Crippen LogP contribution in [0.15, 0.2) is 71.6 Å². The van der Waals surface area contributed by atoms with Crippen molar-refractivity contribution in [2.45, 2.75) is 23.5 Å². The van der Waals surface area contributed by atoms with Crippen LogP contribution in [-0.2, 0) is 19.1 Å². The van der Waals surface area contributed by atoms with E-state index in [0.717, 1.165) is 15.4 Å². The first kappa shape index (κ1) is 25.3. The summed E-state index contributed by atoms with van der Waals surface area (Å²) < 4.78 is 5.09. The Labute approximate surface area is 216 Å². The van der Waals surface area contributed by atoms with E-state index >= 15 is 0 Å². The van der Waals surface area contributed by atoms with E-state index in [1.54, 1.807) is 36.4 Å². The topological polar surface area (TPSA) is 119 Å². The van der Waals surface area contributed by atoms with Crippen LogP contribution in [0.1, 0.15) is 22.3 Å². The van der Waals surface area contributed by atoms with Crippen LogP contribution in [0.5, 0.6) is 0 Å². The molecule has 1 aliphatic heterocycles. The Balaban J connectivity index is 1.35. The Morgan fingerprint density at radius 3 is 2.58 bits per heavy atom. The van der Waals surface area contributed by atoms with Crippen LogP contribution in [-0.4, -0.2) is 35.5 Å². The zero-order valence-electron chi connectivity index (χ0n) is 19.2. The molecular formula is C26H22ClN3O5S. The molecule has 36 heavy (non-hydrogen) atoms. The van der Waals surface area contributed by atoms with Crippen molar-refractivity contribution in [2.75, 3.05) is 22.6 Å². The Kier molecular flexibility index (Phi) is 7.61. The highest BCUT2D eigenvalue weighted by Gasteiger charge is 2.40. The number of esters is 1. The highest BCUT2D eigenvalue weighted by Crippen LogP contribution is 2.34. The van der Waals surface area contributed by atoms with E-state index in [9.17, 15) is 19.2 Å². The molecule has 1 heterocycles. The summed E-state index contributed by atoms with van der Waals surface area (Å²) >= 11 is 7.23.